The molecule has 0 fully saturated rings. The molecule has 0 aliphatic carbocycles. The maximum absolute atomic E-state index is 5.10. The van der Waals surface area contributed by atoms with E-state index in [1.807, 2.05) is 24.1 Å². The molecule has 0 saturated heterocycles. The van der Waals surface area contributed by atoms with Gasteiger partial charge in [-0.15, -0.1) is 0 Å². The molecule has 1 atom stereocenters. The van der Waals surface area contributed by atoms with Crippen molar-refractivity contribution in [3.8, 4) is 0 Å². The topological polar surface area (TPSA) is 25.2 Å². The van der Waals surface area contributed by atoms with Crippen LogP contribution in [-0.4, -0.2) is 17.5 Å². The Labute approximate surface area is 103 Å². The minimum Gasteiger partial charge on any atom is -0.472 e. The number of nitrogens with one attached hydrogen (secondary N) is 1. The van der Waals surface area contributed by atoms with Gasteiger partial charge in [0.25, 0.3) is 0 Å². The average Bonchev–Trinajstić information content (AvgIpc) is 2.85. The second kappa shape index (κ2) is 6.36. The van der Waals surface area contributed by atoms with E-state index in [1.165, 1.54) is 18.4 Å². The molecule has 1 aromatic rings. The predicted molar refractivity (Wildman–Crippen MR) is 72.0 cm³/mol. The van der Waals surface area contributed by atoms with Crippen molar-refractivity contribution in [1.82, 2.24) is 5.32 Å². The van der Waals surface area contributed by atoms with Gasteiger partial charge in [0.1, 0.15) is 0 Å². The van der Waals surface area contributed by atoms with Crippen molar-refractivity contribution in [3.05, 3.63) is 24.2 Å². The first-order chi connectivity index (χ1) is 7.67. The van der Waals surface area contributed by atoms with Gasteiger partial charge in [-0.3, -0.25) is 0 Å². The lowest BCUT2D eigenvalue weighted by molar-refractivity contribution is 0.456. The van der Waals surface area contributed by atoms with Crippen LogP contribution >= 0.6 is 11.8 Å². The average molecular weight is 241 g/mol. The molecule has 0 bridgehead atoms. The minimum absolute atomic E-state index is 0.364. The monoisotopic (exact) mass is 241 g/mol. The van der Waals surface area contributed by atoms with Gasteiger partial charge in [-0.05, 0) is 32.1 Å². The quantitative estimate of drug-likeness (QED) is 0.785. The van der Waals surface area contributed by atoms with Crippen molar-refractivity contribution in [2.24, 2.45) is 0 Å². The van der Waals surface area contributed by atoms with Gasteiger partial charge in [-0.2, -0.15) is 11.8 Å². The van der Waals surface area contributed by atoms with E-state index < -0.39 is 0 Å². The van der Waals surface area contributed by atoms with E-state index in [-0.39, 0.29) is 0 Å². The summed E-state index contributed by atoms with van der Waals surface area (Å²) in [5.41, 5.74) is 1.22. The largest absolute Gasteiger partial charge is 0.472 e. The molecular formula is C13H23NOS. The van der Waals surface area contributed by atoms with E-state index >= 15 is 0 Å². The highest BCUT2D eigenvalue weighted by Crippen LogP contribution is 2.30. The van der Waals surface area contributed by atoms with Crippen molar-refractivity contribution in [2.45, 2.75) is 44.4 Å². The second-order valence-electron chi connectivity index (χ2n) is 4.25. The van der Waals surface area contributed by atoms with E-state index in [4.69, 9.17) is 4.42 Å². The van der Waals surface area contributed by atoms with Crippen LogP contribution in [0.4, 0.5) is 0 Å². The van der Waals surface area contributed by atoms with Crippen LogP contribution in [0.15, 0.2) is 23.0 Å². The van der Waals surface area contributed by atoms with Crippen molar-refractivity contribution in [2.75, 3.05) is 12.8 Å². The summed E-state index contributed by atoms with van der Waals surface area (Å²) in [7, 11) is 0. The predicted octanol–water partition coefficient (Wildman–Crippen LogP) is 3.85. The first-order valence-electron chi connectivity index (χ1n) is 5.98. The maximum atomic E-state index is 5.10. The van der Waals surface area contributed by atoms with Crippen LogP contribution in [0, 0.1) is 0 Å². The Bertz CT molecular complexity index is 272. The molecule has 2 nitrogen and oxygen atoms in total. The van der Waals surface area contributed by atoms with Crippen LogP contribution in [0.1, 0.15) is 45.2 Å². The Morgan fingerprint density at radius 3 is 2.56 bits per heavy atom. The standard InChI is InChI=1S/C13H23NOS/c1-5-13(6-2,16-4)10-14-11(3)12-7-8-15-9-12/h7-9,11,14H,5-6,10H2,1-4H3. The summed E-state index contributed by atoms with van der Waals surface area (Å²) in [5.74, 6) is 0. The van der Waals surface area contributed by atoms with Gasteiger partial charge in [-0.1, -0.05) is 13.8 Å². The molecule has 3 heteroatoms. The molecule has 0 aliphatic heterocycles. The fourth-order valence-electron chi connectivity index (χ4n) is 1.84. The van der Waals surface area contributed by atoms with E-state index in [0.717, 1.165) is 6.54 Å². The molecule has 1 N–H and O–H groups in total. The molecule has 1 aromatic heterocycles. The highest BCUT2D eigenvalue weighted by Gasteiger charge is 2.25. The third-order valence-electron chi connectivity index (χ3n) is 3.50. The number of furan rings is 1. The third kappa shape index (κ3) is 3.29. The summed E-state index contributed by atoms with van der Waals surface area (Å²) < 4.78 is 5.47. The van der Waals surface area contributed by atoms with Gasteiger partial charge >= 0.3 is 0 Å². The van der Waals surface area contributed by atoms with Gasteiger partial charge in [0, 0.05) is 22.9 Å². The summed E-state index contributed by atoms with van der Waals surface area (Å²) in [6.45, 7) is 7.77. The Morgan fingerprint density at radius 2 is 2.12 bits per heavy atom. The van der Waals surface area contributed by atoms with E-state index in [1.54, 1.807) is 6.26 Å². The number of hydrogen-bond donors (Lipinski definition) is 1. The fraction of sp³-hybridized carbons (Fsp3) is 0.692. The van der Waals surface area contributed by atoms with Crippen molar-refractivity contribution < 1.29 is 4.42 Å². The molecule has 1 rings (SSSR count). The fourth-order valence-corrected chi connectivity index (χ4v) is 2.64. The number of rotatable bonds is 7. The lowest BCUT2D eigenvalue weighted by Gasteiger charge is -2.31. The summed E-state index contributed by atoms with van der Waals surface area (Å²) in [4.78, 5) is 0. The SMILES string of the molecule is CCC(CC)(CNC(C)c1ccoc1)SC. The molecule has 1 heterocycles. The summed E-state index contributed by atoms with van der Waals surface area (Å²) in [6.07, 6.45) is 8.16. The first kappa shape index (κ1) is 13.7. The Kier molecular flexibility index (Phi) is 5.42. The molecule has 0 spiro atoms. The Hall–Kier alpha value is -0.410. The second-order valence-corrected chi connectivity index (χ2v) is 5.53. The van der Waals surface area contributed by atoms with Crippen molar-refractivity contribution in [1.29, 1.82) is 0 Å². The van der Waals surface area contributed by atoms with Crippen molar-refractivity contribution in [3.63, 3.8) is 0 Å². The van der Waals surface area contributed by atoms with E-state index in [0.29, 0.717) is 10.8 Å². The van der Waals surface area contributed by atoms with Crippen LogP contribution in [0.5, 0.6) is 0 Å². The van der Waals surface area contributed by atoms with Crippen LogP contribution in [0.2, 0.25) is 0 Å². The van der Waals surface area contributed by atoms with Crippen molar-refractivity contribution >= 4 is 11.8 Å². The van der Waals surface area contributed by atoms with E-state index in [2.05, 4.69) is 32.3 Å². The smallest absolute Gasteiger partial charge is 0.0950 e. The zero-order chi connectivity index (χ0) is 12.0. The summed E-state index contributed by atoms with van der Waals surface area (Å²) in [6, 6.07) is 2.39. The zero-order valence-corrected chi connectivity index (χ0v) is 11.6. The van der Waals surface area contributed by atoms with Gasteiger partial charge < -0.3 is 9.73 Å². The molecule has 92 valence electrons. The zero-order valence-electron chi connectivity index (χ0n) is 10.7. The summed E-state index contributed by atoms with van der Waals surface area (Å²) >= 11 is 1.97. The van der Waals surface area contributed by atoms with Crippen LogP contribution in [-0.2, 0) is 0 Å². The van der Waals surface area contributed by atoms with Gasteiger partial charge in [0.2, 0.25) is 0 Å². The minimum atomic E-state index is 0.364. The lowest BCUT2D eigenvalue weighted by atomic mass is 10.0. The third-order valence-corrected chi connectivity index (χ3v) is 5.08. The normalized spacial score (nSPS) is 14.0. The molecule has 0 amide bonds. The van der Waals surface area contributed by atoms with Crippen LogP contribution in [0.25, 0.3) is 0 Å². The lowest BCUT2D eigenvalue weighted by Crippen LogP contribution is -2.37. The van der Waals surface area contributed by atoms with Gasteiger partial charge in [-0.25, -0.2) is 0 Å². The molecule has 0 aliphatic rings. The molecule has 0 radical (unpaired) electrons. The molecular weight excluding hydrogens is 218 g/mol. The van der Waals surface area contributed by atoms with Gasteiger partial charge in [0.05, 0.1) is 12.5 Å². The highest BCUT2D eigenvalue weighted by molar-refractivity contribution is 8.00. The molecule has 16 heavy (non-hydrogen) atoms. The highest BCUT2D eigenvalue weighted by atomic mass is 32.2. The van der Waals surface area contributed by atoms with Crippen LogP contribution in [0.3, 0.4) is 0 Å². The maximum Gasteiger partial charge on any atom is 0.0950 e. The number of hydrogen-bond acceptors (Lipinski definition) is 3. The molecule has 0 aromatic carbocycles. The number of thioether (sulfide) groups is 1. The Balaban J connectivity index is 2.49. The van der Waals surface area contributed by atoms with Gasteiger partial charge in [0.15, 0.2) is 0 Å². The first-order valence-corrected chi connectivity index (χ1v) is 7.20. The van der Waals surface area contributed by atoms with E-state index in [9.17, 15) is 0 Å². The summed E-state index contributed by atoms with van der Waals surface area (Å²) in [5, 5.41) is 3.60. The Morgan fingerprint density at radius 1 is 1.44 bits per heavy atom. The molecule has 1 unspecified atom stereocenters. The van der Waals surface area contributed by atoms with Crippen LogP contribution < -0.4 is 5.32 Å². The molecule has 0 saturated carbocycles.